The highest BCUT2D eigenvalue weighted by Crippen LogP contribution is 2.18. The Hall–Kier alpha value is -2.91. The molecule has 0 aromatic carbocycles. The first-order chi connectivity index (χ1) is 11.8. The molecule has 4 rings (SSSR count). The molecule has 1 aliphatic rings. The SMILES string of the molecule is N#Cc1ccc2nc(Nc3cc(CN4CCCC4)ccn3)cn2c1. The van der Waals surface area contributed by atoms with Crippen molar-refractivity contribution in [3.05, 3.63) is 54.0 Å². The largest absolute Gasteiger partial charge is 0.324 e. The van der Waals surface area contributed by atoms with Gasteiger partial charge >= 0.3 is 0 Å². The molecule has 0 atom stereocenters. The van der Waals surface area contributed by atoms with Gasteiger partial charge in [0.25, 0.3) is 0 Å². The van der Waals surface area contributed by atoms with Gasteiger partial charge in [-0.1, -0.05) is 0 Å². The third-order valence-corrected chi connectivity index (χ3v) is 4.27. The third-order valence-electron chi connectivity index (χ3n) is 4.27. The van der Waals surface area contributed by atoms with Crippen molar-refractivity contribution in [1.29, 1.82) is 5.26 Å². The monoisotopic (exact) mass is 318 g/mol. The summed E-state index contributed by atoms with van der Waals surface area (Å²) in [4.78, 5) is 11.4. The standard InChI is InChI=1S/C18H18N6/c19-10-15-3-4-18-22-17(13-24(18)12-15)21-16-9-14(5-6-20-16)11-23-7-1-2-8-23/h3-6,9,12-13H,1-2,7-8,11H2,(H,20,21). The number of nitrogens with one attached hydrogen (secondary N) is 1. The number of fused-ring (bicyclic) bond motifs is 1. The Balaban J connectivity index is 1.53. The van der Waals surface area contributed by atoms with Crippen LogP contribution in [0.3, 0.4) is 0 Å². The van der Waals surface area contributed by atoms with Crippen LogP contribution in [0.2, 0.25) is 0 Å². The molecule has 24 heavy (non-hydrogen) atoms. The topological polar surface area (TPSA) is 69.2 Å². The number of anilines is 2. The molecule has 120 valence electrons. The van der Waals surface area contributed by atoms with Gasteiger partial charge in [-0.05, 0) is 55.8 Å². The van der Waals surface area contributed by atoms with Crippen molar-refractivity contribution < 1.29 is 0 Å². The van der Waals surface area contributed by atoms with Crippen molar-refractivity contribution >= 4 is 17.3 Å². The number of nitriles is 1. The first-order valence-corrected chi connectivity index (χ1v) is 8.13. The Bertz CT molecular complexity index is 901. The first-order valence-electron chi connectivity index (χ1n) is 8.13. The molecule has 3 aromatic rings. The molecule has 1 saturated heterocycles. The van der Waals surface area contributed by atoms with E-state index in [1.165, 1.54) is 31.5 Å². The van der Waals surface area contributed by atoms with E-state index in [9.17, 15) is 0 Å². The lowest BCUT2D eigenvalue weighted by Crippen LogP contribution is -2.18. The fourth-order valence-corrected chi connectivity index (χ4v) is 3.09. The Morgan fingerprint density at radius 2 is 2.00 bits per heavy atom. The van der Waals surface area contributed by atoms with Gasteiger partial charge in [-0.3, -0.25) is 4.90 Å². The van der Waals surface area contributed by atoms with E-state index in [-0.39, 0.29) is 0 Å². The predicted octanol–water partition coefficient (Wildman–Crippen LogP) is 2.94. The van der Waals surface area contributed by atoms with Gasteiger partial charge in [-0.15, -0.1) is 0 Å². The molecule has 3 aromatic heterocycles. The number of hydrogen-bond donors (Lipinski definition) is 1. The molecular weight excluding hydrogens is 300 g/mol. The number of likely N-dealkylation sites (tertiary alicyclic amines) is 1. The highest BCUT2D eigenvalue weighted by Gasteiger charge is 2.12. The maximum atomic E-state index is 8.97. The molecule has 6 heteroatoms. The van der Waals surface area contributed by atoms with Crippen LogP contribution in [0.15, 0.2) is 42.9 Å². The fraction of sp³-hybridized carbons (Fsp3) is 0.278. The van der Waals surface area contributed by atoms with Crippen molar-refractivity contribution in [2.75, 3.05) is 18.4 Å². The molecule has 6 nitrogen and oxygen atoms in total. The summed E-state index contributed by atoms with van der Waals surface area (Å²) in [5.74, 6) is 1.51. The second kappa shape index (κ2) is 6.30. The van der Waals surface area contributed by atoms with Crippen LogP contribution in [0.25, 0.3) is 5.65 Å². The van der Waals surface area contributed by atoms with Crippen LogP contribution in [0.5, 0.6) is 0 Å². The van der Waals surface area contributed by atoms with E-state index in [2.05, 4.69) is 38.4 Å². The Labute approximate surface area is 140 Å². The maximum absolute atomic E-state index is 8.97. The van der Waals surface area contributed by atoms with Crippen LogP contribution in [0.4, 0.5) is 11.6 Å². The lowest BCUT2D eigenvalue weighted by molar-refractivity contribution is 0.331. The van der Waals surface area contributed by atoms with Crippen molar-refractivity contribution in [1.82, 2.24) is 19.3 Å². The van der Waals surface area contributed by atoms with Crippen molar-refractivity contribution in [3.8, 4) is 6.07 Å². The summed E-state index contributed by atoms with van der Waals surface area (Å²) >= 11 is 0. The van der Waals surface area contributed by atoms with Gasteiger partial charge in [-0.2, -0.15) is 5.26 Å². The number of imidazole rings is 1. The zero-order chi connectivity index (χ0) is 16.4. The van der Waals surface area contributed by atoms with Gasteiger partial charge in [-0.25, -0.2) is 9.97 Å². The van der Waals surface area contributed by atoms with Gasteiger partial charge in [0.2, 0.25) is 0 Å². The Morgan fingerprint density at radius 1 is 1.12 bits per heavy atom. The minimum Gasteiger partial charge on any atom is -0.324 e. The van der Waals surface area contributed by atoms with E-state index < -0.39 is 0 Å². The first kappa shape index (κ1) is 14.7. The normalized spacial score (nSPS) is 14.8. The maximum Gasteiger partial charge on any atom is 0.150 e. The molecule has 1 fully saturated rings. The van der Waals surface area contributed by atoms with Crippen LogP contribution in [-0.4, -0.2) is 32.4 Å². The molecular formula is C18H18N6. The Kier molecular flexibility index (Phi) is 3.85. The molecule has 0 aliphatic carbocycles. The fourth-order valence-electron chi connectivity index (χ4n) is 3.09. The number of aromatic nitrogens is 3. The van der Waals surface area contributed by atoms with Gasteiger partial charge in [0, 0.05) is 18.9 Å². The zero-order valence-corrected chi connectivity index (χ0v) is 13.3. The number of nitrogens with zero attached hydrogens (tertiary/aromatic N) is 5. The molecule has 0 bridgehead atoms. The van der Waals surface area contributed by atoms with E-state index in [1.54, 1.807) is 12.3 Å². The van der Waals surface area contributed by atoms with Crippen molar-refractivity contribution in [3.63, 3.8) is 0 Å². The van der Waals surface area contributed by atoms with Crippen LogP contribution in [-0.2, 0) is 6.54 Å². The average Bonchev–Trinajstić information content (AvgIpc) is 3.23. The molecule has 0 spiro atoms. The summed E-state index contributed by atoms with van der Waals surface area (Å²) < 4.78 is 1.84. The van der Waals surface area contributed by atoms with Gasteiger partial charge in [0.15, 0.2) is 5.82 Å². The molecule has 0 radical (unpaired) electrons. The molecule has 4 heterocycles. The smallest absolute Gasteiger partial charge is 0.150 e. The van der Waals surface area contributed by atoms with Gasteiger partial charge < -0.3 is 9.72 Å². The van der Waals surface area contributed by atoms with Gasteiger partial charge in [0.05, 0.1) is 11.8 Å². The number of pyridine rings is 2. The predicted molar refractivity (Wildman–Crippen MR) is 91.9 cm³/mol. The summed E-state index contributed by atoms with van der Waals surface area (Å²) in [5.41, 5.74) is 2.66. The second-order valence-corrected chi connectivity index (χ2v) is 6.08. The van der Waals surface area contributed by atoms with E-state index in [0.717, 1.165) is 23.8 Å². The highest BCUT2D eigenvalue weighted by atomic mass is 15.1. The summed E-state index contributed by atoms with van der Waals surface area (Å²) in [5, 5.41) is 12.2. The van der Waals surface area contributed by atoms with Crippen LogP contribution < -0.4 is 5.32 Å². The number of rotatable bonds is 4. The minimum absolute atomic E-state index is 0.609. The van der Waals surface area contributed by atoms with Crippen LogP contribution in [0, 0.1) is 11.3 Å². The van der Waals surface area contributed by atoms with E-state index in [0.29, 0.717) is 5.56 Å². The molecule has 1 N–H and O–H groups in total. The van der Waals surface area contributed by atoms with E-state index in [1.807, 2.05) is 22.9 Å². The lowest BCUT2D eigenvalue weighted by atomic mass is 10.2. The molecule has 0 amide bonds. The van der Waals surface area contributed by atoms with E-state index >= 15 is 0 Å². The van der Waals surface area contributed by atoms with Crippen LogP contribution >= 0.6 is 0 Å². The second-order valence-electron chi connectivity index (χ2n) is 6.08. The third kappa shape index (κ3) is 3.07. The lowest BCUT2D eigenvalue weighted by Gasteiger charge is -2.14. The Morgan fingerprint density at radius 3 is 2.83 bits per heavy atom. The van der Waals surface area contributed by atoms with Crippen LogP contribution in [0.1, 0.15) is 24.0 Å². The number of hydrogen-bond acceptors (Lipinski definition) is 5. The molecule has 0 unspecified atom stereocenters. The summed E-state index contributed by atoms with van der Waals surface area (Å²) in [7, 11) is 0. The van der Waals surface area contributed by atoms with Crippen molar-refractivity contribution in [2.24, 2.45) is 0 Å². The van der Waals surface area contributed by atoms with E-state index in [4.69, 9.17) is 5.26 Å². The quantitative estimate of drug-likeness (QED) is 0.801. The molecule has 0 saturated carbocycles. The van der Waals surface area contributed by atoms with Crippen molar-refractivity contribution in [2.45, 2.75) is 19.4 Å². The van der Waals surface area contributed by atoms with Gasteiger partial charge in [0.1, 0.15) is 17.5 Å². The highest BCUT2D eigenvalue weighted by molar-refractivity contribution is 5.57. The zero-order valence-electron chi connectivity index (χ0n) is 13.3. The molecule has 1 aliphatic heterocycles. The summed E-state index contributed by atoms with van der Waals surface area (Å²) in [6.07, 6.45) is 8.05. The minimum atomic E-state index is 0.609. The average molecular weight is 318 g/mol. The summed E-state index contributed by atoms with van der Waals surface area (Å²) in [6, 6.07) is 9.87. The summed E-state index contributed by atoms with van der Waals surface area (Å²) in [6.45, 7) is 3.32.